The van der Waals surface area contributed by atoms with E-state index in [1.165, 1.54) is 7.11 Å². The fraction of sp³-hybridized carbons (Fsp3) is 0.450. The van der Waals surface area contributed by atoms with E-state index in [0.29, 0.717) is 12.8 Å². The molecule has 0 N–H and O–H groups in total. The van der Waals surface area contributed by atoms with Crippen molar-refractivity contribution in [2.45, 2.75) is 51.7 Å². The minimum atomic E-state index is -0.389. The van der Waals surface area contributed by atoms with Gasteiger partial charge in [0.05, 0.1) is 18.3 Å². The van der Waals surface area contributed by atoms with Crippen LogP contribution < -0.4 is 5.46 Å². The minimum Gasteiger partial charge on any atom is -0.469 e. The molecule has 6 heteroatoms. The number of methoxy groups -OCH3 is 1. The Kier molecular flexibility index (Phi) is 5.21. The number of fused-ring (bicyclic) bond motifs is 1. The number of ether oxygens (including phenoxy) is 1. The highest BCUT2D eigenvalue weighted by atomic mass is 79.9. The van der Waals surface area contributed by atoms with Crippen molar-refractivity contribution in [2.24, 2.45) is 0 Å². The Hall–Kier alpha value is -1.37. The zero-order valence-electron chi connectivity index (χ0n) is 15.9. The van der Waals surface area contributed by atoms with Crippen LogP contribution in [-0.2, 0) is 25.3 Å². The lowest BCUT2D eigenvalue weighted by Gasteiger charge is -2.32. The van der Waals surface area contributed by atoms with Gasteiger partial charge in [-0.25, -0.2) is 0 Å². The summed E-state index contributed by atoms with van der Waals surface area (Å²) in [6.45, 7) is 8.21. The van der Waals surface area contributed by atoms with Crippen molar-refractivity contribution in [2.75, 3.05) is 7.11 Å². The van der Waals surface area contributed by atoms with Gasteiger partial charge in [-0.05, 0) is 62.0 Å². The van der Waals surface area contributed by atoms with E-state index in [9.17, 15) is 4.79 Å². The second-order valence-electron chi connectivity index (χ2n) is 7.72. The Balaban J connectivity index is 1.88. The van der Waals surface area contributed by atoms with Crippen molar-refractivity contribution in [1.82, 2.24) is 0 Å². The average molecular weight is 419 g/mol. The van der Waals surface area contributed by atoms with Gasteiger partial charge in [-0.15, -0.1) is 0 Å². The second-order valence-corrected chi connectivity index (χ2v) is 8.58. The number of esters is 1. The minimum absolute atomic E-state index is 0.194. The number of halogens is 1. The topological polar surface area (TPSA) is 44.8 Å². The summed E-state index contributed by atoms with van der Waals surface area (Å²) < 4.78 is 18.0. The molecule has 0 radical (unpaired) electrons. The Morgan fingerprint density at radius 2 is 1.77 bits per heavy atom. The van der Waals surface area contributed by atoms with Gasteiger partial charge in [0.15, 0.2) is 0 Å². The number of hydrogen-bond acceptors (Lipinski definition) is 4. The fourth-order valence-electron chi connectivity index (χ4n) is 3.00. The van der Waals surface area contributed by atoms with Gasteiger partial charge in [-0.2, -0.15) is 0 Å². The standard InChI is InChI=1S/C20H24BBrO4/c1-19(2)20(3,4)26-21(25-19)15-11-14-8-6-13(7-9-18(23)24-5)10-16(14)17(22)12-15/h6,8,10-12H,7,9H2,1-5H3. The Labute approximate surface area is 163 Å². The van der Waals surface area contributed by atoms with Crippen LogP contribution in [0.1, 0.15) is 39.7 Å². The molecule has 2 aromatic carbocycles. The molecule has 0 atom stereocenters. The van der Waals surface area contributed by atoms with Crippen LogP contribution in [0.4, 0.5) is 0 Å². The molecule has 3 rings (SSSR count). The molecule has 138 valence electrons. The van der Waals surface area contributed by atoms with E-state index in [1.54, 1.807) is 0 Å². The normalized spacial score (nSPS) is 18.3. The van der Waals surface area contributed by atoms with Crippen LogP contribution >= 0.6 is 15.9 Å². The van der Waals surface area contributed by atoms with Crippen molar-refractivity contribution in [3.63, 3.8) is 0 Å². The molecule has 1 heterocycles. The van der Waals surface area contributed by atoms with Crippen LogP contribution in [0, 0.1) is 0 Å². The fourth-order valence-corrected chi connectivity index (χ4v) is 3.61. The molecule has 0 unspecified atom stereocenters. The van der Waals surface area contributed by atoms with Crippen LogP contribution in [0.5, 0.6) is 0 Å². The SMILES string of the molecule is COC(=O)CCc1ccc2cc(B3OC(C)(C)C(C)(C)O3)cc(Br)c2c1. The zero-order chi connectivity index (χ0) is 19.1. The molecule has 2 aromatic rings. The van der Waals surface area contributed by atoms with Gasteiger partial charge in [0, 0.05) is 10.9 Å². The van der Waals surface area contributed by atoms with Crippen LogP contribution in [0.25, 0.3) is 10.8 Å². The maximum Gasteiger partial charge on any atom is 0.494 e. The molecular formula is C20H24BBrO4. The lowest BCUT2D eigenvalue weighted by Crippen LogP contribution is -2.41. The predicted octanol–water partition coefficient (Wildman–Crippen LogP) is 4.01. The highest BCUT2D eigenvalue weighted by Crippen LogP contribution is 2.37. The van der Waals surface area contributed by atoms with E-state index in [-0.39, 0.29) is 24.3 Å². The van der Waals surface area contributed by atoms with E-state index in [4.69, 9.17) is 14.0 Å². The van der Waals surface area contributed by atoms with Gasteiger partial charge in [-0.1, -0.05) is 40.2 Å². The molecule has 0 spiro atoms. The van der Waals surface area contributed by atoms with Crippen molar-refractivity contribution < 1.29 is 18.8 Å². The first-order chi connectivity index (χ1) is 12.1. The highest BCUT2D eigenvalue weighted by Gasteiger charge is 2.51. The number of benzene rings is 2. The molecule has 0 bridgehead atoms. The van der Waals surface area contributed by atoms with Crippen molar-refractivity contribution in [3.8, 4) is 0 Å². The molecule has 26 heavy (non-hydrogen) atoms. The molecule has 0 amide bonds. The van der Waals surface area contributed by atoms with Gasteiger partial charge in [0.25, 0.3) is 0 Å². The summed E-state index contributed by atoms with van der Waals surface area (Å²) in [6, 6.07) is 10.4. The second kappa shape index (κ2) is 6.99. The number of carbonyl (C=O) groups is 1. The van der Waals surface area contributed by atoms with E-state index in [1.807, 2.05) is 6.07 Å². The Bertz CT molecular complexity index is 831. The van der Waals surface area contributed by atoms with E-state index in [0.717, 1.165) is 26.3 Å². The van der Waals surface area contributed by atoms with Crippen molar-refractivity contribution >= 4 is 45.3 Å². The quantitative estimate of drug-likeness (QED) is 0.555. The number of aryl methyl sites for hydroxylation is 1. The summed E-state index contributed by atoms with van der Waals surface area (Å²) in [7, 11) is 1.02. The van der Waals surface area contributed by atoms with Crippen LogP contribution in [-0.4, -0.2) is 31.4 Å². The number of carbonyl (C=O) groups excluding carboxylic acids is 1. The monoisotopic (exact) mass is 418 g/mol. The summed E-state index contributed by atoms with van der Waals surface area (Å²) in [4.78, 5) is 11.4. The predicted molar refractivity (Wildman–Crippen MR) is 108 cm³/mol. The van der Waals surface area contributed by atoms with Crippen LogP contribution in [0.15, 0.2) is 34.8 Å². The van der Waals surface area contributed by atoms with E-state index in [2.05, 4.69) is 67.9 Å². The third kappa shape index (κ3) is 3.68. The highest BCUT2D eigenvalue weighted by molar-refractivity contribution is 9.10. The van der Waals surface area contributed by atoms with Gasteiger partial charge in [0.2, 0.25) is 0 Å². The van der Waals surface area contributed by atoms with Crippen molar-refractivity contribution in [3.05, 3.63) is 40.4 Å². The molecule has 1 aliphatic heterocycles. The molecule has 0 saturated carbocycles. The Morgan fingerprint density at radius 3 is 2.38 bits per heavy atom. The number of hydrogen-bond donors (Lipinski definition) is 0. The summed E-state index contributed by atoms with van der Waals surface area (Å²) in [5.74, 6) is -0.194. The average Bonchev–Trinajstić information content (AvgIpc) is 2.80. The van der Waals surface area contributed by atoms with E-state index >= 15 is 0 Å². The Morgan fingerprint density at radius 1 is 1.12 bits per heavy atom. The lowest BCUT2D eigenvalue weighted by atomic mass is 9.78. The lowest BCUT2D eigenvalue weighted by molar-refractivity contribution is -0.140. The summed E-state index contributed by atoms with van der Waals surface area (Å²) in [5.41, 5.74) is 1.37. The molecule has 0 aliphatic carbocycles. The molecule has 1 saturated heterocycles. The summed E-state index contributed by atoms with van der Waals surface area (Å²) in [6.07, 6.45) is 1.04. The first-order valence-corrected chi connectivity index (χ1v) is 9.57. The van der Waals surface area contributed by atoms with Gasteiger partial charge >= 0.3 is 13.1 Å². The smallest absolute Gasteiger partial charge is 0.469 e. The van der Waals surface area contributed by atoms with Gasteiger partial charge < -0.3 is 14.0 Å². The first-order valence-electron chi connectivity index (χ1n) is 8.77. The number of rotatable bonds is 4. The molecule has 4 nitrogen and oxygen atoms in total. The third-order valence-electron chi connectivity index (χ3n) is 5.36. The summed E-state index contributed by atoms with van der Waals surface area (Å²) >= 11 is 3.68. The van der Waals surface area contributed by atoms with Crippen molar-refractivity contribution in [1.29, 1.82) is 0 Å². The van der Waals surface area contributed by atoms with Gasteiger partial charge in [0.1, 0.15) is 0 Å². The van der Waals surface area contributed by atoms with Crippen LogP contribution in [0.2, 0.25) is 0 Å². The first kappa shape index (κ1) is 19.4. The molecule has 0 aromatic heterocycles. The summed E-state index contributed by atoms with van der Waals surface area (Å²) in [5, 5.41) is 2.21. The zero-order valence-corrected chi connectivity index (χ0v) is 17.5. The molecule has 1 aliphatic rings. The maximum absolute atomic E-state index is 11.4. The largest absolute Gasteiger partial charge is 0.494 e. The van der Waals surface area contributed by atoms with Gasteiger partial charge in [-0.3, -0.25) is 4.79 Å². The molecular weight excluding hydrogens is 395 g/mol. The molecule has 1 fully saturated rings. The third-order valence-corrected chi connectivity index (χ3v) is 6.02. The maximum atomic E-state index is 11.4. The van der Waals surface area contributed by atoms with Crippen LogP contribution in [0.3, 0.4) is 0 Å². The van der Waals surface area contributed by atoms with E-state index < -0.39 is 0 Å².